The molecule has 0 saturated heterocycles. The first-order chi connectivity index (χ1) is 2.27. The van der Waals surface area contributed by atoms with E-state index < -0.39 is 18.4 Å². The smallest absolute Gasteiger partial charge is 0.320 e. The van der Waals surface area contributed by atoms with Crippen molar-refractivity contribution in [2.24, 2.45) is 0 Å². The molecule has 0 bridgehead atoms. The third kappa shape index (κ3) is 4.22. The summed E-state index contributed by atoms with van der Waals surface area (Å²) in [5.41, 5.74) is 0. The Morgan fingerprint density at radius 2 is 1.60 bits per heavy atom. The fourth-order valence-corrected chi connectivity index (χ4v) is 0. The van der Waals surface area contributed by atoms with Gasteiger partial charge in [-0.15, -0.1) is 0 Å². The van der Waals surface area contributed by atoms with Crippen LogP contribution < -0.4 is 0 Å². The summed E-state index contributed by atoms with van der Waals surface area (Å²) < 4.78 is 31.7. The molecule has 0 atom stereocenters. The Balaban J connectivity index is 2.54. The minimum absolute atomic E-state index is 2.35. The summed E-state index contributed by atoms with van der Waals surface area (Å²) in [6.07, 6.45) is 0. The van der Waals surface area contributed by atoms with Crippen molar-refractivity contribution in [1.82, 2.24) is 0 Å². The van der Waals surface area contributed by atoms with Crippen LogP contribution in [0.25, 0.3) is 0 Å². The van der Waals surface area contributed by atoms with Crippen molar-refractivity contribution in [3.63, 3.8) is 0 Å². The highest BCUT2D eigenvalue weighted by Gasteiger charge is 2.04. The number of hydrogen-bond acceptors (Lipinski definition) is 0. The molecule has 0 aromatic carbocycles. The van der Waals surface area contributed by atoms with E-state index in [0.29, 0.717) is 0 Å². The molecule has 0 nitrogen and oxygen atoms in total. The number of rotatable bonds is 1. The van der Waals surface area contributed by atoms with Gasteiger partial charge in [-0.1, -0.05) is 0 Å². The van der Waals surface area contributed by atoms with Gasteiger partial charge in [0, 0.05) is 0 Å². The lowest BCUT2D eigenvalue weighted by atomic mass is 18.8. The standard InChI is InChI=1S/F3H3Si2/c1-4-5(2)3/h5H,4H2. The molecule has 0 aliphatic rings. The van der Waals surface area contributed by atoms with E-state index in [4.69, 9.17) is 0 Å². The van der Waals surface area contributed by atoms with Crippen molar-refractivity contribution in [3.05, 3.63) is 0 Å². The lowest BCUT2D eigenvalue weighted by Crippen LogP contribution is -2.02. The van der Waals surface area contributed by atoms with Gasteiger partial charge in [-0.3, -0.25) is 8.22 Å². The Morgan fingerprint density at radius 1 is 1.40 bits per heavy atom. The van der Waals surface area contributed by atoms with E-state index in [9.17, 15) is 12.3 Å². The van der Waals surface area contributed by atoms with Gasteiger partial charge in [0.15, 0.2) is 0 Å². The second-order valence-electron chi connectivity index (χ2n) is 0.545. The molecule has 0 aromatic heterocycles. The first-order valence-electron chi connectivity index (χ1n) is 1.11. The zero-order chi connectivity index (χ0) is 4.28. The fraction of sp³-hybridized carbons (Fsp3) is 0. The highest BCUT2D eigenvalue weighted by molar-refractivity contribution is 7.01. The van der Waals surface area contributed by atoms with Gasteiger partial charge >= 0.3 is 8.98 Å². The molecule has 0 radical (unpaired) electrons. The summed E-state index contributed by atoms with van der Waals surface area (Å²) in [4.78, 5) is 0. The van der Waals surface area contributed by atoms with Crippen LogP contribution in [0, 0.1) is 0 Å². The molecule has 0 unspecified atom stereocenters. The van der Waals surface area contributed by atoms with Crippen molar-refractivity contribution in [1.29, 1.82) is 0 Å². The van der Waals surface area contributed by atoms with Crippen LogP contribution in [0.15, 0.2) is 0 Å². The van der Waals surface area contributed by atoms with Crippen molar-refractivity contribution in [2.75, 3.05) is 0 Å². The Kier molecular flexibility index (Phi) is 2.57. The van der Waals surface area contributed by atoms with Crippen molar-refractivity contribution < 1.29 is 12.3 Å². The molecule has 0 aliphatic heterocycles. The van der Waals surface area contributed by atoms with Gasteiger partial charge in [0.05, 0.1) is 0 Å². The van der Waals surface area contributed by atoms with Gasteiger partial charge in [-0.25, -0.2) is 0 Å². The van der Waals surface area contributed by atoms with Crippen molar-refractivity contribution >= 4 is 18.4 Å². The summed E-state index contributed by atoms with van der Waals surface area (Å²) in [5, 5.41) is 0. The minimum Gasteiger partial charge on any atom is -0.320 e. The first-order valence-corrected chi connectivity index (χ1v) is 5.79. The molecular formula is H3F3Si2. The van der Waals surface area contributed by atoms with Crippen LogP contribution in [0.1, 0.15) is 0 Å². The molecule has 0 saturated carbocycles. The van der Waals surface area contributed by atoms with Crippen LogP contribution in [0.2, 0.25) is 0 Å². The number of hydrogen-bond donors (Lipinski definition) is 0. The minimum atomic E-state index is -3.68. The van der Waals surface area contributed by atoms with E-state index in [2.05, 4.69) is 0 Å². The lowest BCUT2D eigenvalue weighted by molar-refractivity contribution is 0.683. The van der Waals surface area contributed by atoms with Crippen LogP contribution in [-0.2, 0) is 0 Å². The van der Waals surface area contributed by atoms with Gasteiger partial charge < -0.3 is 4.11 Å². The van der Waals surface area contributed by atoms with Crippen molar-refractivity contribution in [3.8, 4) is 0 Å². The molecule has 0 N–H and O–H groups in total. The molecule has 0 fully saturated rings. The molecule has 0 heterocycles. The lowest BCUT2D eigenvalue weighted by Gasteiger charge is -1.73. The predicted molar refractivity (Wildman–Crippen MR) is 19.0 cm³/mol. The van der Waals surface area contributed by atoms with Crippen LogP contribution in [0.4, 0.5) is 12.3 Å². The Labute approximate surface area is 31.7 Å². The highest BCUT2D eigenvalue weighted by atomic mass is 29.2. The molecule has 0 aliphatic carbocycles. The summed E-state index contributed by atoms with van der Waals surface area (Å²) in [7, 11) is -6.02. The third-order valence-electron chi connectivity index (χ3n) is 0.117. The van der Waals surface area contributed by atoms with E-state index >= 15 is 0 Å². The quantitative estimate of drug-likeness (QED) is 0.326. The summed E-state index contributed by atoms with van der Waals surface area (Å²) in [6.45, 7) is 0. The highest BCUT2D eigenvalue weighted by Crippen LogP contribution is 1.79. The van der Waals surface area contributed by atoms with E-state index in [0.717, 1.165) is 0 Å². The van der Waals surface area contributed by atoms with Crippen LogP contribution in [-0.4, -0.2) is 18.4 Å². The Morgan fingerprint density at radius 3 is 1.60 bits per heavy atom. The van der Waals surface area contributed by atoms with Gasteiger partial charge in [0.2, 0.25) is 0 Å². The SMILES string of the molecule is F[SiH2][SiH](F)F. The largest absolute Gasteiger partial charge is 0.420 e. The maximum Gasteiger partial charge on any atom is 0.420 e. The van der Waals surface area contributed by atoms with Crippen molar-refractivity contribution in [2.45, 2.75) is 0 Å². The molecule has 0 amide bonds. The Hall–Kier alpha value is 0.224. The average molecular weight is 116 g/mol. The zero-order valence-corrected chi connectivity index (χ0v) is 4.99. The summed E-state index contributed by atoms with van der Waals surface area (Å²) >= 11 is 0. The first kappa shape index (κ1) is 5.22. The number of halogens is 3. The third-order valence-corrected chi connectivity index (χ3v) is 1.05. The maximum atomic E-state index is 10.6. The molecule has 0 aromatic rings. The van der Waals surface area contributed by atoms with Gasteiger partial charge in [0.1, 0.15) is 0 Å². The monoisotopic (exact) mass is 116 g/mol. The van der Waals surface area contributed by atoms with E-state index in [1.807, 2.05) is 0 Å². The second-order valence-corrected chi connectivity index (χ2v) is 4.41. The predicted octanol–water partition coefficient (Wildman–Crippen LogP) is -0.304. The maximum absolute atomic E-state index is 10.6. The van der Waals surface area contributed by atoms with Crippen LogP contribution in [0.3, 0.4) is 0 Å². The molecule has 0 rings (SSSR count). The summed E-state index contributed by atoms with van der Waals surface area (Å²) in [5.74, 6) is 0. The molecule has 32 valence electrons. The van der Waals surface area contributed by atoms with Gasteiger partial charge in [0.25, 0.3) is 9.37 Å². The van der Waals surface area contributed by atoms with E-state index in [1.54, 1.807) is 0 Å². The van der Waals surface area contributed by atoms with E-state index in [1.165, 1.54) is 0 Å². The molecule has 0 spiro atoms. The van der Waals surface area contributed by atoms with Crippen LogP contribution >= 0.6 is 0 Å². The second kappa shape index (κ2) is 2.46. The zero-order valence-electron chi connectivity index (χ0n) is 2.42. The molecule has 5 heavy (non-hydrogen) atoms. The summed E-state index contributed by atoms with van der Waals surface area (Å²) in [6, 6.07) is 0. The molecular weight excluding hydrogens is 113 g/mol. The fourth-order valence-electron chi connectivity index (χ4n) is 0. The molecule has 5 heteroatoms. The topological polar surface area (TPSA) is 0 Å². The van der Waals surface area contributed by atoms with Gasteiger partial charge in [-0.2, -0.15) is 0 Å². The Bertz CT molecular complexity index is 18.9. The van der Waals surface area contributed by atoms with E-state index in [-0.39, 0.29) is 0 Å². The normalized spacial score (nSPS) is 12.0. The average Bonchev–Trinajstić information content (AvgIpc) is 1.38. The van der Waals surface area contributed by atoms with Gasteiger partial charge in [-0.05, 0) is 0 Å². The van der Waals surface area contributed by atoms with Crippen LogP contribution in [0.5, 0.6) is 0 Å².